The molecule has 0 spiro atoms. The van der Waals surface area contributed by atoms with Crippen molar-refractivity contribution in [3.63, 3.8) is 0 Å². The third kappa shape index (κ3) is 5.11. The highest BCUT2D eigenvalue weighted by Gasteiger charge is 1.93. The van der Waals surface area contributed by atoms with Crippen LogP contribution in [-0.4, -0.2) is 35.2 Å². The Bertz CT molecular complexity index is 290. The average Bonchev–Trinajstić information content (AvgIpc) is 2.29. The van der Waals surface area contributed by atoms with Crippen molar-refractivity contribution in [2.45, 2.75) is 6.42 Å². The van der Waals surface area contributed by atoms with Crippen LogP contribution in [0.4, 0.5) is 5.95 Å². The second kappa shape index (κ2) is 6.94. The summed E-state index contributed by atoms with van der Waals surface area (Å²) in [7, 11) is 1.80. The first kappa shape index (κ1) is 11.6. The van der Waals surface area contributed by atoms with Crippen molar-refractivity contribution in [3.8, 4) is 0 Å². The van der Waals surface area contributed by atoms with Crippen LogP contribution in [0, 0.1) is 0 Å². The van der Waals surface area contributed by atoms with Gasteiger partial charge in [-0.05, 0) is 24.7 Å². The van der Waals surface area contributed by atoms with Crippen molar-refractivity contribution >= 4 is 23.3 Å². The van der Waals surface area contributed by atoms with E-state index in [0.29, 0.717) is 11.1 Å². The van der Waals surface area contributed by atoms with E-state index in [4.69, 9.17) is 12.2 Å². The maximum Gasteiger partial charge on any atom is 0.222 e. The first-order valence-electron chi connectivity index (χ1n) is 4.79. The highest BCUT2D eigenvalue weighted by atomic mass is 32.1. The van der Waals surface area contributed by atoms with Crippen molar-refractivity contribution in [1.29, 1.82) is 0 Å². The van der Waals surface area contributed by atoms with Gasteiger partial charge in [-0.25, -0.2) is 9.97 Å². The number of thiocarbonyl (C=S) groups is 1. The molecule has 1 heterocycles. The minimum Gasteiger partial charge on any atom is -0.366 e. The van der Waals surface area contributed by atoms with E-state index in [2.05, 4.69) is 25.9 Å². The second-order valence-corrected chi connectivity index (χ2v) is 3.27. The maximum absolute atomic E-state index is 4.93. The number of anilines is 1. The first-order valence-corrected chi connectivity index (χ1v) is 5.20. The molecule has 6 heteroatoms. The third-order valence-corrected chi connectivity index (χ3v) is 2.06. The van der Waals surface area contributed by atoms with Crippen molar-refractivity contribution in [2.75, 3.05) is 25.5 Å². The summed E-state index contributed by atoms with van der Waals surface area (Å²) in [6.45, 7) is 1.66. The number of rotatable bonds is 5. The molecule has 0 amide bonds. The highest BCUT2D eigenvalue weighted by molar-refractivity contribution is 7.80. The summed E-state index contributed by atoms with van der Waals surface area (Å²) in [5.74, 6) is 0.661. The number of hydrogen-bond acceptors (Lipinski definition) is 4. The second-order valence-electron chi connectivity index (χ2n) is 2.86. The molecule has 0 saturated carbocycles. The van der Waals surface area contributed by atoms with Crippen LogP contribution in [0.3, 0.4) is 0 Å². The van der Waals surface area contributed by atoms with Gasteiger partial charge < -0.3 is 16.0 Å². The molecule has 0 unspecified atom stereocenters. The van der Waals surface area contributed by atoms with E-state index in [1.807, 2.05) is 0 Å². The van der Waals surface area contributed by atoms with E-state index in [-0.39, 0.29) is 0 Å². The molecule has 0 fully saturated rings. The van der Waals surface area contributed by atoms with Gasteiger partial charge in [-0.3, -0.25) is 0 Å². The minimum atomic E-state index is 0.661. The lowest BCUT2D eigenvalue weighted by molar-refractivity contribution is 0.791. The van der Waals surface area contributed by atoms with Crippen LogP contribution in [0.5, 0.6) is 0 Å². The summed E-state index contributed by atoms with van der Waals surface area (Å²) in [5.41, 5.74) is 0. The van der Waals surface area contributed by atoms with E-state index in [1.165, 1.54) is 0 Å². The smallest absolute Gasteiger partial charge is 0.222 e. The molecular weight excluding hydrogens is 210 g/mol. The van der Waals surface area contributed by atoms with E-state index < -0.39 is 0 Å². The number of nitrogens with zero attached hydrogens (tertiary/aromatic N) is 2. The summed E-state index contributed by atoms with van der Waals surface area (Å²) < 4.78 is 0. The molecule has 1 rings (SSSR count). The Balaban J connectivity index is 2.05. The van der Waals surface area contributed by atoms with Crippen LogP contribution in [0.2, 0.25) is 0 Å². The molecular formula is C9H15N5S. The van der Waals surface area contributed by atoms with Gasteiger partial charge in [0.15, 0.2) is 5.11 Å². The Labute approximate surface area is 94.7 Å². The molecule has 1 aromatic rings. The standard InChI is InChI=1S/C9H15N5S/c1-10-9(15)14-7-3-6-13-8-11-4-2-5-12-8/h2,4-5H,3,6-7H2,1H3,(H2,10,14,15)(H,11,12,13). The van der Waals surface area contributed by atoms with E-state index in [1.54, 1.807) is 25.5 Å². The zero-order valence-electron chi connectivity index (χ0n) is 8.66. The fourth-order valence-corrected chi connectivity index (χ4v) is 1.07. The van der Waals surface area contributed by atoms with Gasteiger partial charge in [0.05, 0.1) is 0 Å². The van der Waals surface area contributed by atoms with Crippen LogP contribution in [0.1, 0.15) is 6.42 Å². The quantitative estimate of drug-likeness (QED) is 0.497. The molecule has 0 radical (unpaired) electrons. The van der Waals surface area contributed by atoms with Gasteiger partial charge in [0, 0.05) is 32.5 Å². The Morgan fingerprint density at radius 2 is 2.07 bits per heavy atom. The van der Waals surface area contributed by atoms with Crippen molar-refractivity contribution in [3.05, 3.63) is 18.5 Å². The van der Waals surface area contributed by atoms with Crippen LogP contribution in [0.25, 0.3) is 0 Å². The molecule has 5 nitrogen and oxygen atoms in total. The molecule has 0 aliphatic rings. The normalized spacial score (nSPS) is 9.40. The van der Waals surface area contributed by atoms with Gasteiger partial charge >= 0.3 is 0 Å². The van der Waals surface area contributed by atoms with Gasteiger partial charge in [-0.2, -0.15) is 0 Å². The largest absolute Gasteiger partial charge is 0.366 e. The zero-order chi connectivity index (χ0) is 10.9. The fourth-order valence-electron chi connectivity index (χ4n) is 0.969. The van der Waals surface area contributed by atoms with Gasteiger partial charge in [0.1, 0.15) is 0 Å². The maximum atomic E-state index is 4.93. The third-order valence-electron chi connectivity index (χ3n) is 1.72. The summed E-state index contributed by atoms with van der Waals surface area (Å²) in [6.07, 6.45) is 4.38. The Hall–Kier alpha value is -1.43. The monoisotopic (exact) mass is 225 g/mol. The van der Waals surface area contributed by atoms with Crippen molar-refractivity contribution in [2.24, 2.45) is 0 Å². The number of hydrogen-bond donors (Lipinski definition) is 3. The Kier molecular flexibility index (Phi) is 5.39. The summed E-state index contributed by atoms with van der Waals surface area (Å²) in [4.78, 5) is 8.09. The molecule has 0 aliphatic heterocycles. The summed E-state index contributed by atoms with van der Waals surface area (Å²) in [6, 6.07) is 1.79. The van der Waals surface area contributed by atoms with Crippen LogP contribution in [-0.2, 0) is 0 Å². The topological polar surface area (TPSA) is 61.9 Å². The van der Waals surface area contributed by atoms with E-state index >= 15 is 0 Å². The molecule has 1 aromatic heterocycles. The molecule has 0 bridgehead atoms. The molecule has 0 saturated heterocycles. The Morgan fingerprint density at radius 3 is 2.73 bits per heavy atom. The molecule has 0 aliphatic carbocycles. The van der Waals surface area contributed by atoms with Gasteiger partial charge in [-0.1, -0.05) is 0 Å². The zero-order valence-corrected chi connectivity index (χ0v) is 9.47. The van der Waals surface area contributed by atoms with Gasteiger partial charge in [-0.15, -0.1) is 0 Å². The Morgan fingerprint density at radius 1 is 1.33 bits per heavy atom. The minimum absolute atomic E-state index is 0.661. The molecule has 3 N–H and O–H groups in total. The van der Waals surface area contributed by atoms with Gasteiger partial charge in [0.2, 0.25) is 5.95 Å². The van der Waals surface area contributed by atoms with Gasteiger partial charge in [0.25, 0.3) is 0 Å². The lowest BCUT2D eigenvalue weighted by Gasteiger charge is -2.07. The summed E-state index contributed by atoms with van der Waals surface area (Å²) in [5, 5.41) is 9.69. The van der Waals surface area contributed by atoms with E-state index in [0.717, 1.165) is 19.5 Å². The predicted octanol–water partition coefficient (Wildman–Crippen LogP) is 0.372. The molecule has 0 atom stereocenters. The average molecular weight is 225 g/mol. The number of nitrogens with one attached hydrogen (secondary N) is 3. The summed E-state index contributed by atoms with van der Waals surface area (Å²) >= 11 is 4.93. The molecule has 15 heavy (non-hydrogen) atoms. The molecule has 0 aromatic carbocycles. The molecule has 82 valence electrons. The SMILES string of the molecule is CNC(=S)NCCCNc1ncccn1. The van der Waals surface area contributed by atoms with Crippen LogP contribution >= 0.6 is 12.2 Å². The van der Waals surface area contributed by atoms with Crippen molar-refractivity contribution in [1.82, 2.24) is 20.6 Å². The van der Waals surface area contributed by atoms with Crippen LogP contribution in [0.15, 0.2) is 18.5 Å². The highest BCUT2D eigenvalue weighted by Crippen LogP contribution is 1.93. The lowest BCUT2D eigenvalue weighted by Crippen LogP contribution is -2.33. The predicted molar refractivity (Wildman–Crippen MR) is 64.8 cm³/mol. The number of aromatic nitrogens is 2. The first-order chi connectivity index (χ1) is 7.33. The van der Waals surface area contributed by atoms with Crippen LogP contribution < -0.4 is 16.0 Å². The van der Waals surface area contributed by atoms with E-state index in [9.17, 15) is 0 Å². The lowest BCUT2D eigenvalue weighted by atomic mass is 10.4. The fraction of sp³-hybridized carbons (Fsp3) is 0.444. The van der Waals surface area contributed by atoms with Crippen molar-refractivity contribution < 1.29 is 0 Å².